The van der Waals surface area contributed by atoms with Gasteiger partial charge in [0.1, 0.15) is 0 Å². The lowest BCUT2D eigenvalue weighted by Gasteiger charge is -2.09. The van der Waals surface area contributed by atoms with Crippen molar-refractivity contribution in [3.8, 4) is 0 Å². The van der Waals surface area contributed by atoms with Gasteiger partial charge in [-0.05, 0) is 52.9 Å². The highest BCUT2D eigenvalue weighted by Gasteiger charge is 2.09. The lowest BCUT2D eigenvalue weighted by atomic mass is 10.0. The van der Waals surface area contributed by atoms with Crippen LogP contribution in [0.2, 0.25) is 0 Å². The van der Waals surface area contributed by atoms with Crippen molar-refractivity contribution in [2.45, 2.75) is 39.5 Å². The summed E-state index contributed by atoms with van der Waals surface area (Å²) < 4.78 is 1.22. The molecule has 0 bridgehead atoms. The fraction of sp³-hybridized carbons (Fsp3) is 0.462. The second kappa shape index (κ2) is 5.00. The molecule has 0 fully saturated rings. The number of nitrogens with one attached hydrogen (secondary N) is 1. The topological polar surface area (TPSA) is 28.7 Å². The molecule has 0 spiro atoms. The summed E-state index contributed by atoms with van der Waals surface area (Å²) in [5.74, 6) is 0. The minimum absolute atomic E-state index is 1.11. The van der Waals surface area contributed by atoms with Gasteiger partial charge in [0.2, 0.25) is 0 Å². The van der Waals surface area contributed by atoms with Crippen molar-refractivity contribution in [2.24, 2.45) is 0 Å². The number of nitrogens with zero attached hydrogens (tertiary/aromatic N) is 1. The molecule has 2 nitrogen and oxygen atoms in total. The van der Waals surface area contributed by atoms with Crippen molar-refractivity contribution in [1.29, 1.82) is 0 Å². The summed E-state index contributed by atoms with van der Waals surface area (Å²) in [6.07, 6.45) is 6.88. The van der Waals surface area contributed by atoms with Gasteiger partial charge in [-0.2, -0.15) is 5.10 Å². The van der Waals surface area contributed by atoms with E-state index in [4.69, 9.17) is 0 Å². The van der Waals surface area contributed by atoms with Gasteiger partial charge in [0.15, 0.2) is 0 Å². The minimum Gasteiger partial charge on any atom is -0.278 e. The van der Waals surface area contributed by atoms with Gasteiger partial charge in [-0.3, -0.25) is 5.10 Å². The summed E-state index contributed by atoms with van der Waals surface area (Å²) >= 11 is 3.70. The molecule has 86 valence electrons. The number of hydrogen-bond acceptors (Lipinski definition) is 1. The maximum atomic E-state index is 4.09. The SMILES string of the molecule is CCCCCc1c(C)cc2[nH]ncc2c1Br. The molecule has 0 atom stereocenters. The van der Waals surface area contributed by atoms with Gasteiger partial charge in [-0.1, -0.05) is 19.8 Å². The number of halogens is 1. The van der Waals surface area contributed by atoms with Crippen molar-refractivity contribution in [3.63, 3.8) is 0 Å². The number of aryl methyl sites for hydroxylation is 1. The molecule has 1 aromatic carbocycles. The van der Waals surface area contributed by atoms with E-state index in [1.54, 1.807) is 0 Å². The Balaban J connectivity index is 2.35. The molecule has 1 aromatic heterocycles. The predicted octanol–water partition coefficient (Wildman–Crippen LogP) is 4.37. The smallest absolute Gasteiger partial charge is 0.0664 e. The first kappa shape index (κ1) is 11.6. The Labute approximate surface area is 105 Å². The Bertz CT molecular complexity index is 488. The normalized spacial score (nSPS) is 11.2. The highest BCUT2D eigenvalue weighted by atomic mass is 79.9. The molecule has 0 saturated carbocycles. The van der Waals surface area contributed by atoms with E-state index in [-0.39, 0.29) is 0 Å². The van der Waals surface area contributed by atoms with Crippen molar-refractivity contribution in [2.75, 3.05) is 0 Å². The fourth-order valence-electron chi connectivity index (χ4n) is 2.08. The Morgan fingerprint density at radius 2 is 2.19 bits per heavy atom. The van der Waals surface area contributed by atoms with Crippen LogP contribution in [0, 0.1) is 6.92 Å². The highest BCUT2D eigenvalue weighted by molar-refractivity contribution is 9.10. The van der Waals surface area contributed by atoms with Crippen LogP contribution in [-0.4, -0.2) is 10.2 Å². The van der Waals surface area contributed by atoms with Crippen LogP contribution >= 0.6 is 15.9 Å². The van der Waals surface area contributed by atoms with Crippen LogP contribution in [0.4, 0.5) is 0 Å². The molecule has 0 aliphatic rings. The standard InChI is InChI=1S/C13H17BrN2/c1-3-4-5-6-10-9(2)7-12-11(13(10)14)8-15-16-12/h7-8H,3-6H2,1-2H3,(H,15,16). The van der Waals surface area contributed by atoms with Crippen molar-refractivity contribution < 1.29 is 0 Å². The molecule has 0 radical (unpaired) electrons. The molecule has 3 heteroatoms. The maximum Gasteiger partial charge on any atom is 0.0664 e. The van der Waals surface area contributed by atoms with E-state index in [0.29, 0.717) is 0 Å². The van der Waals surface area contributed by atoms with Gasteiger partial charge in [0, 0.05) is 9.86 Å². The second-order valence-electron chi connectivity index (χ2n) is 4.27. The van der Waals surface area contributed by atoms with Crippen LogP contribution in [0.5, 0.6) is 0 Å². The molecule has 0 saturated heterocycles. The quantitative estimate of drug-likeness (QED) is 0.828. The zero-order valence-electron chi connectivity index (χ0n) is 9.81. The molecule has 16 heavy (non-hydrogen) atoms. The summed E-state index contributed by atoms with van der Waals surface area (Å²) in [5, 5.41) is 8.29. The average Bonchev–Trinajstić information content (AvgIpc) is 2.71. The number of aromatic amines is 1. The Morgan fingerprint density at radius 3 is 2.94 bits per heavy atom. The first-order valence-corrected chi connectivity index (χ1v) is 6.64. The summed E-state index contributed by atoms with van der Waals surface area (Å²) in [5.41, 5.74) is 3.89. The minimum atomic E-state index is 1.11. The molecule has 1 N–H and O–H groups in total. The lowest BCUT2D eigenvalue weighted by molar-refractivity contribution is 0.714. The van der Waals surface area contributed by atoms with Gasteiger partial charge < -0.3 is 0 Å². The third-order valence-corrected chi connectivity index (χ3v) is 3.94. The summed E-state index contributed by atoms with van der Waals surface area (Å²) in [7, 11) is 0. The summed E-state index contributed by atoms with van der Waals surface area (Å²) in [6.45, 7) is 4.41. The number of rotatable bonds is 4. The highest BCUT2D eigenvalue weighted by Crippen LogP contribution is 2.30. The van der Waals surface area contributed by atoms with Crippen LogP contribution in [0.25, 0.3) is 10.9 Å². The number of hydrogen-bond donors (Lipinski definition) is 1. The fourth-order valence-corrected chi connectivity index (χ4v) is 2.91. The zero-order valence-corrected chi connectivity index (χ0v) is 11.4. The lowest BCUT2D eigenvalue weighted by Crippen LogP contribution is -1.92. The van der Waals surface area contributed by atoms with Gasteiger partial charge in [0.25, 0.3) is 0 Å². The van der Waals surface area contributed by atoms with E-state index >= 15 is 0 Å². The maximum absolute atomic E-state index is 4.09. The first-order valence-electron chi connectivity index (χ1n) is 5.85. The van der Waals surface area contributed by atoms with E-state index in [2.05, 4.69) is 46.0 Å². The number of aromatic nitrogens is 2. The molecular weight excluding hydrogens is 264 g/mol. The number of benzene rings is 1. The molecular formula is C13H17BrN2. The first-order chi connectivity index (χ1) is 7.74. The van der Waals surface area contributed by atoms with Crippen LogP contribution in [0.15, 0.2) is 16.7 Å². The van der Waals surface area contributed by atoms with Crippen LogP contribution in [-0.2, 0) is 6.42 Å². The summed E-state index contributed by atoms with van der Waals surface area (Å²) in [4.78, 5) is 0. The van der Waals surface area contributed by atoms with Gasteiger partial charge >= 0.3 is 0 Å². The van der Waals surface area contributed by atoms with E-state index in [1.807, 2.05) is 6.20 Å². The molecule has 1 heterocycles. The van der Waals surface area contributed by atoms with Gasteiger partial charge in [-0.25, -0.2) is 0 Å². The average molecular weight is 281 g/mol. The number of fused-ring (bicyclic) bond motifs is 1. The molecule has 0 amide bonds. The third kappa shape index (κ3) is 2.14. The molecule has 0 aliphatic carbocycles. The van der Waals surface area contributed by atoms with Gasteiger partial charge in [0.05, 0.1) is 11.7 Å². The summed E-state index contributed by atoms with van der Waals surface area (Å²) in [6, 6.07) is 2.19. The number of unbranched alkanes of at least 4 members (excludes halogenated alkanes) is 2. The van der Waals surface area contributed by atoms with Crippen molar-refractivity contribution >= 4 is 26.8 Å². The van der Waals surface area contributed by atoms with Crippen molar-refractivity contribution in [3.05, 3.63) is 27.9 Å². The van der Waals surface area contributed by atoms with E-state index in [9.17, 15) is 0 Å². The molecule has 2 aromatic rings. The van der Waals surface area contributed by atoms with Crippen LogP contribution < -0.4 is 0 Å². The molecule has 0 unspecified atom stereocenters. The van der Waals surface area contributed by atoms with Crippen LogP contribution in [0.3, 0.4) is 0 Å². The van der Waals surface area contributed by atoms with Crippen molar-refractivity contribution in [1.82, 2.24) is 10.2 Å². The third-order valence-electron chi connectivity index (χ3n) is 3.04. The monoisotopic (exact) mass is 280 g/mol. The number of H-pyrrole nitrogens is 1. The largest absolute Gasteiger partial charge is 0.278 e. The van der Waals surface area contributed by atoms with Gasteiger partial charge in [-0.15, -0.1) is 0 Å². The molecule has 2 rings (SSSR count). The Kier molecular flexibility index (Phi) is 3.64. The Hall–Kier alpha value is -0.830. The Morgan fingerprint density at radius 1 is 1.38 bits per heavy atom. The predicted molar refractivity (Wildman–Crippen MR) is 71.8 cm³/mol. The zero-order chi connectivity index (χ0) is 11.5. The second-order valence-corrected chi connectivity index (χ2v) is 5.07. The van der Waals surface area contributed by atoms with E-state index < -0.39 is 0 Å². The van der Waals surface area contributed by atoms with Crippen LogP contribution in [0.1, 0.15) is 37.3 Å². The molecule has 0 aliphatic heterocycles. The van der Waals surface area contributed by atoms with E-state index in [0.717, 1.165) is 11.9 Å². The van der Waals surface area contributed by atoms with E-state index in [1.165, 1.54) is 40.2 Å².